The Kier molecular flexibility index (Phi) is 8.08. The number of phenols is 3. The number of carbonyl (C=O) groups is 2. The zero-order valence-corrected chi connectivity index (χ0v) is 20.6. The lowest BCUT2D eigenvalue weighted by molar-refractivity contribution is 0.0844. The zero-order chi connectivity index (χ0) is 27.1. The number of phenolic OH excluding ortho intramolecular Hbond substituents is 3. The number of hydrogen-bond donors (Lipinski definition) is 3. The predicted octanol–water partition coefficient (Wildman–Crippen LogP) is 6.10. The summed E-state index contributed by atoms with van der Waals surface area (Å²) in [6, 6.07) is 26.1. The molecule has 5 rings (SSSR count). The summed E-state index contributed by atoms with van der Waals surface area (Å²) in [7, 11) is 1.43. The second kappa shape index (κ2) is 11.8. The molecule has 3 N–H and O–H groups in total. The number of methoxy groups -OCH3 is 1. The van der Waals surface area contributed by atoms with E-state index in [1.165, 1.54) is 19.2 Å². The summed E-state index contributed by atoms with van der Waals surface area (Å²) in [6.45, 7) is 0. The first-order chi connectivity index (χ1) is 18.4. The SMILES string of the molecule is COc1cc([C@@H]2CC(=O)c3c(O)cc(O)cc3O2)ccc1O.O=C(C=Cc1ccccc1)c1ccccc1. The highest BCUT2D eigenvalue weighted by Crippen LogP contribution is 2.42. The molecule has 4 aromatic carbocycles. The van der Waals surface area contributed by atoms with E-state index in [1.54, 1.807) is 18.2 Å². The smallest absolute Gasteiger partial charge is 0.185 e. The van der Waals surface area contributed by atoms with Crippen molar-refractivity contribution in [2.75, 3.05) is 7.11 Å². The van der Waals surface area contributed by atoms with Crippen molar-refractivity contribution < 1.29 is 34.4 Å². The van der Waals surface area contributed by atoms with E-state index in [1.807, 2.05) is 66.7 Å². The summed E-state index contributed by atoms with van der Waals surface area (Å²) in [5.41, 5.74) is 2.47. The molecule has 0 amide bonds. The molecule has 192 valence electrons. The van der Waals surface area contributed by atoms with Gasteiger partial charge >= 0.3 is 0 Å². The first kappa shape index (κ1) is 26.0. The van der Waals surface area contributed by atoms with Gasteiger partial charge in [0, 0.05) is 17.7 Å². The lowest BCUT2D eigenvalue weighted by Gasteiger charge is -2.26. The van der Waals surface area contributed by atoms with Crippen LogP contribution in [0.4, 0.5) is 0 Å². The van der Waals surface area contributed by atoms with Crippen LogP contribution in [0.1, 0.15) is 44.4 Å². The van der Waals surface area contributed by atoms with E-state index < -0.39 is 6.10 Å². The van der Waals surface area contributed by atoms with E-state index in [4.69, 9.17) is 9.47 Å². The number of Topliss-reactive ketones (excluding diaryl/α,β-unsaturated/α-hetero) is 1. The summed E-state index contributed by atoms with van der Waals surface area (Å²) in [6.07, 6.45) is 2.88. The van der Waals surface area contributed by atoms with Crippen molar-refractivity contribution in [1.29, 1.82) is 0 Å². The molecule has 1 aliphatic heterocycles. The van der Waals surface area contributed by atoms with Gasteiger partial charge in [0.15, 0.2) is 23.1 Å². The van der Waals surface area contributed by atoms with Gasteiger partial charge in [-0.1, -0.05) is 72.8 Å². The van der Waals surface area contributed by atoms with Crippen molar-refractivity contribution in [2.24, 2.45) is 0 Å². The summed E-state index contributed by atoms with van der Waals surface area (Å²) in [4.78, 5) is 24.0. The molecule has 1 heterocycles. The van der Waals surface area contributed by atoms with Gasteiger partial charge in [0.05, 0.1) is 13.5 Å². The average molecular weight is 511 g/mol. The maximum Gasteiger partial charge on any atom is 0.185 e. The number of carbonyl (C=O) groups excluding carboxylic acids is 2. The molecular formula is C31H26O7. The van der Waals surface area contributed by atoms with Gasteiger partial charge in [-0.15, -0.1) is 0 Å². The van der Waals surface area contributed by atoms with Gasteiger partial charge < -0.3 is 24.8 Å². The standard InChI is InChI=1S/C16H14O6.C15H12O/c1-21-14-4-8(2-3-10(14)18)13-7-12(20)16-11(19)5-9(17)6-15(16)22-13;16-15(14-9-5-2-6-10-14)12-11-13-7-3-1-4-8-13/h2-6,13,17-19H,7H2,1H3;1-12H/t13-;/m0./s1. The Morgan fingerprint density at radius 3 is 2.26 bits per heavy atom. The second-order valence-corrected chi connectivity index (χ2v) is 8.48. The van der Waals surface area contributed by atoms with Crippen molar-refractivity contribution in [1.82, 2.24) is 0 Å². The third kappa shape index (κ3) is 6.20. The van der Waals surface area contributed by atoms with Gasteiger partial charge in [0.25, 0.3) is 0 Å². The maximum atomic E-state index is 12.2. The maximum absolute atomic E-state index is 12.2. The molecule has 7 nitrogen and oxygen atoms in total. The average Bonchev–Trinajstić information content (AvgIpc) is 2.92. The van der Waals surface area contributed by atoms with Crippen LogP contribution >= 0.6 is 0 Å². The zero-order valence-electron chi connectivity index (χ0n) is 20.6. The molecule has 1 aliphatic rings. The van der Waals surface area contributed by atoms with Crippen molar-refractivity contribution >= 4 is 17.6 Å². The topological polar surface area (TPSA) is 113 Å². The van der Waals surface area contributed by atoms with Crippen LogP contribution in [0.3, 0.4) is 0 Å². The van der Waals surface area contributed by atoms with Crippen LogP contribution in [-0.4, -0.2) is 34.0 Å². The summed E-state index contributed by atoms with van der Waals surface area (Å²) < 4.78 is 10.8. The third-order valence-electron chi connectivity index (χ3n) is 5.85. The van der Waals surface area contributed by atoms with Crippen LogP contribution in [0, 0.1) is 0 Å². The Balaban J connectivity index is 0.000000186. The van der Waals surface area contributed by atoms with Gasteiger partial charge in [0.2, 0.25) is 0 Å². The minimum absolute atomic E-state index is 0.0101. The molecule has 0 saturated heterocycles. The Labute approximate surface area is 219 Å². The fourth-order valence-corrected chi connectivity index (χ4v) is 3.94. The van der Waals surface area contributed by atoms with Gasteiger partial charge in [-0.2, -0.15) is 0 Å². The van der Waals surface area contributed by atoms with Gasteiger partial charge in [0.1, 0.15) is 28.9 Å². The number of fused-ring (bicyclic) bond motifs is 1. The number of aromatic hydroxyl groups is 3. The first-order valence-corrected chi connectivity index (χ1v) is 11.8. The molecule has 0 aromatic heterocycles. The van der Waals surface area contributed by atoms with E-state index in [-0.39, 0.29) is 52.3 Å². The second-order valence-electron chi connectivity index (χ2n) is 8.48. The van der Waals surface area contributed by atoms with Crippen LogP contribution < -0.4 is 9.47 Å². The Morgan fingerprint density at radius 2 is 1.58 bits per heavy atom. The summed E-state index contributed by atoms with van der Waals surface area (Å²) in [5.74, 6) is -0.345. The van der Waals surface area contributed by atoms with E-state index in [2.05, 4.69) is 0 Å². The van der Waals surface area contributed by atoms with Gasteiger partial charge in [-0.05, 0) is 29.3 Å². The highest BCUT2D eigenvalue weighted by Gasteiger charge is 2.31. The normalized spacial score (nSPS) is 14.1. The lowest BCUT2D eigenvalue weighted by atomic mass is 9.95. The molecule has 1 atom stereocenters. The number of rotatable bonds is 5. The molecule has 0 bridgehead atoms. The highest BCUT2D eigenvalue weighted by atomic mass is 16.5. The number of hydrogen-bond acceptors (Lipinski definition) is 7. The van der Waals surface area contributed by atoms with E-state index in [9.17, 15) is 24.9 Å². The van der Waals surface area contributed by atoms with Crippen LogP contribution in [-0.2, 0) is 0 Å². The first-order valence-electron chi connectivity index (χ1n) is 11.8. The molecule has 0 radical (unpaired) electrons. The van der Waals surface area contributed by atoms with Gasteiger partial charge in [-0.25, -0.2) is 0 Å². The van der Waals surface area contributed by atoms with E-state index in [0.29, 0.717) is 5.56 Å². The van der Waals surface area contributed by atoms with Crippen LogP contribution in [0.15, 0.2) is 97.1 Å². The quantitative estimate of drug-likeness (QED) is 0.220. The molecule has 0 saturated carbocycles. The molecule has 0 aliphatic carbocycles. The summed E-state index contributed by atoms with van der Waals surface area (Å²) in [5, 5.41) is 28.9. The number of ether oxygens (including phenoxy) is 2. The molecule has 4 aromatic rings. The molecule has 0 spiro atoms. The number of benzene rings is 4. The van der Waals surface area contributed by atoms with Crippen molar-refractivity contribution in [2.45, 2.75) is 12.5 Å². The predicted molar refractivity (Wildman–Crippen MR) is 143 cm³/mol. The summed E-state index contributed by atoms with van der Waals surface area (Å²) >= 11 is 0. The highest BCUT2D eigenvalue weighted by molar-refractivity contribution is 6.06. The molecule has 0 unspecified atom stereocenters. The molecule has 38 heavy (non-hydrogen) atoms. The monoisotopic (exact) mass is 510 g/mol. The molecule has 0 fully saturated rings. The Bertz CT molecular complexity index is 1460. The third-order valence-corrected chi connectivity index (χ3v) is 5.85. The van der Waals surface area contributed by atoms with Crippen LogP contribution in [0.25, 0.3) is 6.08 Å². The van der Waals surface area contributed by atoms with Gasteiger partial charge in [-0.3, -0.25) is 9.59 Å². The van der Waals surface area contributed by atoms with Crippen LogP contribution in [0.5, 0.6) is 28.7 Å². The number of ketones is 2. The fourth-order valence-electron chi connectivity index (χ4n) is 3.94. The van der Waals surface area contributed by atoms with E-state index >= 15 is 0 Å². The van der Waals surface area contributed by atoms with Crippen molar-refractivity contribution in [3.8, 4) is 28.7 Å². The minimum atomic E-state index is -0.587. The molecular weight excluding hydrogens is 484 g/mol. The minimum Gasteiger partial charge on any atom is -0.508 e. The largest absolute Gasteiger partial charge is 0.508 e. The Hall–Kier alpha value is -5.04. The fraction of sp³-hybridized carbons (Fsp3) is 0.0968. The van der Waals surface area contributed by atoms with Crippen molar-refractivity contribution in [3.05, 3.63) is 119 Å². The molecule has 7 heteroatoms. The Morgan fingerprint density at radius 1 is 0.895 bits per heavy atom. The number of allylic oxidation sites excluding steroid dienone is 1. The van der Waals surface area contributed by atoms with Crippen LogP contribution in [0.2, 0.25) is 0 Å². The lowest BCUT2D eigenvalue weighted by Crippen LogP contribution is -2.20. The van der Waals surface area contributed by atoms with Crippen molar-refractivity contribution in [3.63, 3.8) is 0 Å². The van der Waals surface area contributed by atoms with E-state index in [0.717, 1.165) is 17.2 Å².